The summed E-state index contributed by atoms with van der Waals surface area (Å²) in [6.07, 6.45) is 2.29. The number of carbonyl (C=O) groups excluding carboxylic acids is 1. The van der Waals surface area contributed by atoms with Crippen molar-refractivity contribution in [1.82, 2.24) is 5.32 Å². The zero-order valence-corrected chi connectivity index (χ0v) is 11.6. The predicted octanol–water partition coefficient (Wildman–Crippen LogP) is 2.37. The Hall–Kier alpha value is -1.00. The Morgan fingerprint density at radius 2 is 2.11 bits per heavy atom. The minimum atomic E-state index is -0.300. The van der Waals surface area contributed by atoms with Crippen LogP contribution in [-0.2, 0) is 4.79 Å². The van der Waals surface area contributed by atoms with Crippen molar-refractivity contribution in [1.29, 1.82) is 0 Å². The molecule has 0 bridgehead atoms. The molecule has 3 nitrogen and oxygen atoms in total. The van der Waals surface area contributed by atoms with Crippen LogP contribution in [0.2, 0.25) is 0 Å². The third kappa shape index (κ3) is 5.56. The summed E-state index contributed by atoms with van der Waals surface area (Å²) in [4.78, 5) is 11.7. The van der Waals surface area contributed by atoms with E-state index in [2.05, 4.69) is 12.2 Å². The maximum Gasteiger partial charge on any atom is 0.230 e. The molecule has 4 heteroatoms. The molecule has 2 N–H and O–H groups in total. The first-order valence-corrected chi connectivity index (χ1v) is 7.46. The van der Waals surface area contributed by atoms with Crippen molar-refractivity contribution in [2.24, 2.45) is 0 Å². The normalized spacial score (nSPS) is 12.1. The average Bonchev–Trinajstić information content (AvgIpc) is 2.42. The first-order chi connectivity index (χ1) is 8.77. The number of nitrogens with one attached hydrogen (secondary N) is 1. The highest BCUT2D eigenvalue weighted by atomic mass is 32.2. The Morgan fingerprint density at radius 3 is 2.72 bits per heavy atom. The smallest absolute Gasteiger partial charge is 0.230 e. The van der Waals surface area contributed by atoms with Gasteiger partial charge in [0.05, 0.1) is 18.4 Å². The van der Waals surface area contributed by atoms with Gasteiger partial charge < -0.3 is 10.4 Å². The quantitative estimate of drug-likeness (QED) is 0.711. The van der Waals surface area contributed by atoms with E-state index < -0.39 is 0 Å². The molecule has 1 unspecified atom stereocenters. The second kappa shape index (κ2) is 9.00. The predicted molar refractivity (Wildman–Crippen MR) is 76.6 cm³/mol. The summed E-state index contributed by atoms with van der Waals surface area (Å²) >= 11 is 1.64. The lowest BCUT2D eigenvalue weighted by Crippen LogP contribution is -2.32. The van der Waals surface area contributed by atoms with Crippen molar-refractivity contribution in [3.63, 3.8) is 0 Å². The molecule has 18 heavy (non-hydrogen) atoms. The van der Waals surface area contributed by atoms with E-state index >= 15 is 0 Å². The summed E-state index contributed by atoms with van der Waals surface area (Å²) in [7, 11) is 0. The van der Waals surface area contributed by atoms with Gasteiger partial charge in [-0.05, 0) is 17.7 Å². The van der Waals surface area contributed by atoms with Crippen molar-refractivity contribution in [3.05, 3.63) is 35.9 Å². The second-order valence-electron chi connectivity index (χ2n) is 4.12. The van der Waals surface area contributed by atoms with Crippen molar-refractivity contribution in [2.75, 3.05) is 18.1 Å². The summed E-state index contributed by atoms with van der Waals surface area (Å²) in [5.74, 6) is 1.46. The SMILES string of the molecule is CCCCSCC(=O)NC(CO)c1ccccc1. The first kappa shape index (κ1) is 15.1. The van der Waals surface area contributed by atoms with Crippen LogP contribution in [-0.4, -0.2) is 29.1 Å². The highest BCUT2D eigenvalue weighted by Gasteiger charge is 2.12. The number of benzene rings is 1. The molecule has 0 spiro atoms. The summed E-state index contributed by atoms with van der Waals surface area (Å²) in [6, 6.07) is 9.24. The van der Waals surface area contributed by atoms with E-state index in [-0.39, 0.29) is 18.6 Å². The fourth-order valence-corrected chi connectivity index (χ4v) is 2.47. The molecule has 1 atom stereocenters. The monoisotopic (exact) mass is 267 g/mol. The van der Waals surface area contributed by atoms with Crippen LogP contribution in [0.25, 0.3) is 0 Å². The Morgan fingerprint density at radius 1 is 1.39 bits per heavy atom. The molecule has 0 radical (unpaired) electrons. The van der Waals surface area contributed by atoms with Crippen LogP contribution >= 0.6 is 11.8 Å². The summed E-state index contributed by atoms with van der Waals surface area (Å²) in [6.45, 7) is 2.06. The van der Waals surface area contributed by atoms with Crippen molar-refractivity contribution in [3.8, 4) is 0 Å². The fraction of sp³-hybridized carbons (Fsp3) is 0.500. The highest BCUT2D eigenvalue weighted by molar-refractivity contribution is 7.99. The Bertz CT molecular complexity index is 343. The topological polar surface area (TPSA) is 49.3 Å². The Balaban J connectivity index is 2.37. The fourth-order valence-electron chi connectivity index (χ4n) is 1.57. The highest BCUT2D eigenvalue weighted by Crippen LogP contribution is 2.12. The molecule has 1 amide bonds. The number of thioether (sulfide) groups is 1. The van der Waals surface area contributed by atoms with E-state index in [0.29, 0.717) is 5.75 Å². The van der Waals surface area contributed by atoms with Gasteiger partial charge in [0.15, 0.2) is 0 Å². The molecule has 1 rings (SSSR count). The number of carbonyl (C=O) groups is 1. The van der Waals surface area contributed by atoms with Gasteiger partial charge in [0.1, 0.15) is 0 Å². The van der Waals surface area contributed by atoms with E-state index in [1.54, 1.807) is 11.8 Å². The largest absolute Gasteiger partial charge is 0.394 e. The van der Waals surface area contributed by atoms with Crippen molar-refractivity contribution >= 4 is 17.7 Å². The average molecular weight is 267 g/mol. The second-order valence-corrected chi connectivity index (χ2v) is 5.22. The van der Waals surface area contributed by atoms with Crippen LogP contribution < -0.4 is 5.32 Å². The number of aliphatic hydroxyl groups excluding tert-OH is 1. The number of amides is 1. The van der Waals surface area contributed by atoms with Crippen molar-refractivity contribution < 1.29 is 9.90 Å². The lowest BCUT2D eigenvalue weighted by molar-refractivity contribution is -0.119. The van der Waals surface area contributed by atoms with Crippen LogP contribution in [0.1, 0.15) is 31.4 Å². The molecule has 0 aliphatic rings. The Kier molecular flexibility index (Phi) is 7.53. The van der Waals surface area contributed by atoms with Gasteiger partial charge in [-0.25, -0.2) is 0 Å². The molecule has 0 saturated carbocycles. The van der Waals surface area contributed by atoms with Gasteiger partial charge in [0.25, 0.3) is 0 Å². The summed E-state index contributed by atoms with van der Waals surface area (Å²) < 4.78 is 0. The molecular weight excluding hydrogens is 246 g/mol. The van der Waals surface area contributed by atoms with Crippen molar-refractivity contribution in [2.45, 2.75) is 25.8 Å². The molecule has 0 aliphatic heterocycles. The van der Waals surface area contributed by atoms with Crippen LogP contribution in [0, 0.1) is 0 Å². The summed E-state index contributed by atoms with van der Waals surface area (Å²) in [5.41, 5.74) is 0.937. The Labute approximate surface area is 113 Å². The molecule has 100 valence electrons. The minimum Gasteiger partial charge on any atom is -0.394 e. The van der Waals surface area contributed by atoms with Gasteiger partial charge in [-0.2, -0.15) is 11.8 Å². The van der Waals surface area contributed by atoms with E-state index in [1.807, 2.05) is 30.3 Å². The molecule has 0 aromatic heterocycles. The third-order valence-corrected chi connectivity index (χ3v) is 3.64. The van der Waals surface area contributed by atoms with E-state index in [1.165, 1.54) is 0 Å². The maximum atomic E-state index is 11.7. The van der Waals surface area contributed by atoms with Gasteiger partial charge in [-0.3, -0.25) is 4.79 Å². The standard InChI is InChI=1S/C14H21NO2S/c1-2-3-9-18-11-14(17)15-13(10-16)12-7-5-4-6-8-12/h4-8,13,16H,2-3,9-11H2,1H3,(H,15,17). The van der Waals surface area contributed by atoms with Gasteiger partial charge in [0, 0.05) is 0 Å². The molecule has 0 heterocycles. The van der Waals surface area contributed by atoms with E-state index in [0.717, 1.165) is 24.2 Å². The molecule has 0 aliphatic carbocycles. The van der Waals surface area contributed by atoms with E-state index in [9.17, 15) is 9.90 Å². The number of hydrogen-bond acceptors (Lipinski definition) is 3. The number of hydrogen-bond donors (Lipinski definition) is 2. The van der Waals surface area contributed by atoms with Crippen LogP contribution in [0.3, 0.4) is 0 Å². The zero-order valence-electron chi connectivity index (χ0n) is 10.8. The zero-order chi connectivity index (χ0) is 13.2. The van der Waals surface area contributed by atoms with Crippen LogP contribution in [0.4, 0.5) is 0 Å². The number of aliphatic hydroxyl groups is 1. The van der Waals surface area contributed by atoms with Crippen LogP contribution in [0.15, 0.2) is 30.3 Å². The van der Waals surface area contributed by atoms with Gasteiger partial charge in [0.2, 0.25) is 5.91 Å². The third-order valence-electron chi connectivity index (χ3n) is 2.60. The molecular formula is C14H21NO2S. The van der Waals surface area contributed by atoms with Gasteiger partial charge in [-0.1, -0.05) is 43.7 Å². The molecule has 0 fully saturated rings. The van der Waals surface area contributed by atoms with Gasteiger partial charge >= 0.3 is 0 Å². The maximum absolute atomic E-state index is 11.7. The van der Waals surface area contributed by atoms with E-state index in [4.69, 9.17) is 0 Å². The number of unbranched alkanes of at least 4 members (excludes halogenated alkanes) is 1. The minimum absolute atomic E-state index is 0.0148. The number of rotatable bonds is 8. The molecule has 1 aromatic rings. The molecule has 0 saturated heterocycles. The van der Waals surface area contributed by atoms with Crippen LogP contribution in [0.5, 0.6) is 0 Å². The molecule has 1 aromatic carbocycles. The lowest BCUT2D eigenvalue weighted by atomic mass is 10.1. The summed E-state index contributed by atoms with van der Waals surface area (Å²) in [5, 5.41) is 12.2. The first-order valence-electron chi connectivity index (χ1n) is 6.30. The van der Waals surface area contributed by atoms with Gasteiger partial charge in [-0.15, -0.1) is 0 Å². The lowest BCUT2D eigenvalue weighted by Gasteiger charge is -2.16.